The smallest absolute Gasteiger partial charge is 0.333 e. The van der Waals surface area contributed by atoms with E-state index in [-0.39, 0.29) is 24.3 Å². The highest BCUT2D eigenvalue weighted by molar-refractivity contribution is 7.15. The highest BCUT2D eigenvalue weighted by Gasteiger charge is 2.36. The fourth-order valence-corrected chi connectivity index (χ4v) is 4.19. The highest BCUT2D eigenvalue weighted by atomic mass is 32.1. The Kier molecular flexibility index (Phi) is 5.25. The molecule has 1 aliphatic rings. The maximum absolute atomic E-state index is 13.3. The molecule has 0 bridgehead atoms. The molecule has 0 saturated heterocycles. The van der Waals surface area contributed by atoms with Crippen LogP contribution >= 0.6 is 11.3 Å². The number of hydrogen-bond donors (Lipinski definition) is 1. The lowest BCUT2D eigenvalue weighted by molar-refractivity contribution is -0.138. The van der Waals surface area contributed by atoms with Crippen molar-refractivity contribution in [2.75, 3.05) is 11.9 Å². The standard InChI is InChI=1S/C20H15F3N4O2S/c21-20(22,23)13-6-2-1-5-12(13)18(29)27-10-8-14-16(11-27)30-19(25-14)26-17(28)15-7-3-4-9-24-15/h1-7,9H,8,10-11H2,(H,25,26,28). The Bertz CT molecular complexity index is 1100. The van der Waals surface area contributed by atoms with Gasteiger partial charge < -0.3 is 4.90 Å². The summed E-state index contributed by atoms with van der Waals surface area (Å²) in [6.07, 6.45) is -2.71. The van der Waals surface area contributed by atoms with Crippen LogP contribution in [0.4, 0.5) is 18.3 Å². The Hall–Kier alpha value is -3.27. The summed E-state index contributed by atoms with van der Waals surface area (Å²) in [5.41, 5.74) is -0.356. The third kappa shape index (κ3) is 4.04. The van der Waals surface area contributed by atoms with Crippen LogP contribution in [0.5, 0.6) is 0 Å². The number of amides is 2. The van der Waals surface area contributed by atoms with E-state index in [0.29, 0.717) is 11.6 Å². The Morgan fingerprint density at radius 1 is 1.10 bits per heavy atom. The molecule has 1 aliphatic heterocycles. The number of pyridine rings is 1. The van der Waals surface area contributed by atoms with E-state index in [1.54, 1.807) is 18.2 Å². The van der Waals surface area contributed by atoms with Crippen LogP contribution in [-0.4, -0.2) is 33.2 Å². The van der Waals surface area contributed by atoms with Crippen molar-refractivity contribution in [1.29, 1.82) is 0 Å². The highest BCUT2D eigenvalue weighted by Crippen LogP contribution is 2.34. The summed E-state index contributed by atoms with van der Waals surface area (Å²) in [4.78, 5) is 35.5. The van der Waals surface area contributed by atoms with E-state index in [0.717, 1.165) is 16.6 Å². The minimum atomic E-state index is -4.61. The molecule has 0 atom stereocenters. The summed E-state index contributed by atoms with van der Waals surface area (Å²) in [7, 11) is 0. The van der Waals surface area contributed by atoms with Crippen LogP contribution in [-0.2, 0) is 19.1 Å². The van der Waals surface area contributed by atoms with Crippen molar-refractivity contribution >= 4 is 28.3 Å². The monoisotopic (exact) mass is 432 g/mol. The number of carbonyl (C=O) groups is 2. The molecule has 0 radical (unpaired) electrons. The van der Waals surface area contributed by atoms with Gasteiger partial charge in [-0.05, 0) is 24.3 Å². The van der Waals surface area contributed by atoms with Crippen LogP contribution in [0.2, 0.25) is 0 Å². The lowest BCUT2D eigenvalue weighted by atomic mass is 10.0. The van der Waals surface area contributed by atoms with Crippen LogP contribution < -0.4 is 5.32 Å². The van der Waals surface area contributed by atoms with Crippen molar-refractivity contribution in [2.24, 2.45) is 0 Å². The number of halogens is 3. The molecule has 2 amide bonds. The van der Waals surface area contributed by atoms with Crippen LogP contribution in [0.25, 0.3) is 0 Å². The molecule has 6 nitrogen and oxygen atoms in total. The van der Waals surface area contributed by atoms with Gasteiger partial charge in [-0.1, -0.05) is 29.5 Å². The number of fused-ring (bicyclic) bond motifs is 1. The molecule has 154 valence electrons. The Balaban J connectivity index is 1.51. The number of nitrogens with one attached hydrogen (secondary N) is 1. The third-order valence-corrected chi connectivity index (χ3v) is 5.60. The number of thiazole rings is 1. The van der Waals surface area contributed by atoms with Crippen LogP contribution in [0, 0.1) is 0 Å². The zero-order valence-electron chi connectivity index (χ0n) is 15.4. The van der Waals surface area contributed by atoms with Gasteiger partial charge in [0.2, 0.25) is 0 Å². The van der Waals surface area contributed by atoms with E-state index >= 15 is 0 Å². The quantitative estimate of drug-likeness (QED) is 0.679. The molecule has 1 N–H and O–H groups in total. The number of carbonyl (C=O) groups excluding carboxylic acids is 2. The number of nitrogens with zero attached hydrogens (tertiary/aromatic N) is 3. The predicted octanol–water partition coefficient (Wildman–Crippen LogP) is 4.01. The molecular weight excluding hydrogens is 417 g/mol. The van der Waals surface area contributed by atoms with E-state index in [1.807, 2.05) is 0 Å². The second kappa shape index (κ2) is 7.86. The van der Waals surface area contributed by atoms with E-state index in [2.05, 4.69) is 15.3 Å². The van der Waals surface area contributed by atoms with Gasteiger partial charge in [-0.25, -0.2) is 4.98 Å². The van der Waals surface area contributed by atoms with Crippen molar-refractivity contribution in [2.45, 2.75) is 19.1 Å². The number of alkyl halides is 3. The molecule has 0 aliphatic carbocycles. The van der Waals surface area contributed by atoms with Gasteiger partial charge in [-0.15, -0.1) is 0 Å². The lowest BCUT2D eigenvalue weighted by Gasteiger charge is -2.27. The van der Waals surface area contributed by atoms with Crippen molar-refractivity contribution in [1.82, 2.24) is 14.9 Å². The largest absolute Gasteiger partial charge is 0.417 e. The first-order chi connectivity index (χ1) is 14.3. The third-order valence-electron chi connectivity index (χ3n) is 4.60. The molecule has 0 saturated carbocycles. The van der Waals surface area contributed by atoms with Gasteiger partial charge in [0, 0.05) is 24.0 Å². The maximum atomic E-state index is 13.3. The number of aromatic nitrogens is 2. The van der Waals surface area contributed by atoms with E-state index in [1.165, 1.54) is 40.6 Å². The van der Waals surface area contributed by atoms with Crippen molar-refractivity contribution < 1.29 is 22.8 Å². The first-order valence-electron chi connectivity index (χ1n) is 8.99. The van der Waals surface area contributed by atoms with Gasteiger partial charge >= 0.3 is 6.18 Å². The Labute approximate surface area is 173 Å². The van der Waals surface area contributed by atoms with Gasteiger partial charge in [-0.2, -0.15) is 13.2 Å². The average molecular weight is 432 g/mol. The average Bonchev–Trinajstić information content (AvgIpc) is 3.14. The molecule has 3 heterocycles. The normalized spacial score (nSPS) is 13.6. The second-order valence-electron chi connectivity index (χ2n) is 6.58. The van der Waals surface area contributed by atoms with E-state index in [4.69, 9.17) is 0 Å². The van der Waals surface area contributed by atoms with Crippen molar-refractivity contribution in [3.8, 4) is 0 Å². The van der Waals surface area contributed by atoms with Crippen molar-refractivity contribution in [3.63, 3.8) is 0 Å². The SMILES string of the molecule is O=C(Nc1nc2c(s1)CN(C(=O)c1ccccc1C(F)(F)F)CC2)c1ccccn1. The Morgan fingerprint density at radius 3 is 2.60 bits per heavy atom. The summed E-state index contributed by atoms with van der Waals surface area (Å²) in [5, 5.41) is 3.04. The van der Waals surface area contributed by atoms with Gasteiger partial charge in [0.05, 0.1) is 23.4 Å². The molecule has 0 fully saturated rings. The summed E-state index contributed by atoms with van der Waals surface area (Å²) in [6.45, 7) is 0.382. The summed E-state index contributed by atoms with van der Waals surface area (Å²) in [5.74, 6) is -1.09. The maximum Gasteiger partial charge on any atom is 0.417 e. The van der Waals surface area contributed by atoms with Crippen molar-refractivity contribution in [3.05, 3.63) is 76.1 Å². The fraction of sp³-hybridized carbons (Fsp3) is 0.200. The molecular formula is C20H15F3N4O2S. The molecule has 0 unspecified atom stereocenters. The number of hydrogen-bond acceptors (Lipinski definition) is 5. The molecule has 10 heteroatoms. The topological polar surface area (TPSA) is 75.2 Å². The molecule has 0 spiro atoms. The molecule has 1 aromatic carbocycles. The van der Waals surface area contributed by atoms with E-state index < -0.39 is 23.6 Å². The van der Waals surface area contributed by atoms with Crippen LogP contribution in [0.3, 0.4) is 0 Å². The van der Waals surface area contributed by atoms with Gasteiger partial charge in [0.25, 0.3) is 11.8 Å². The summed E-state index contributed by atoms with van der Waals surface area (Å²) >= 11 is 1.20. The Morgan fingerprint density at radius 2 is 1.87 bits per heavy atom. The first kappa shape index (κ1) is 20.0. The minimum Gasteiger partial charge on any atom is -0.333 e. The fourth-order valence-electron chi connectivity index (χ4n) is 3.17. The second-order valence-corrected chi connectivity index (χ2v) is 7.66. The van der Waals surface area contributed by atoms with Gasteiger partial charge in [-0.3, -0.25) is 19.9 Å². The predicted molar refractivity (Wildman–Crippen MR) is 104 cm³/mol. The molecule has 2 aromatic heterocycles. The van der Waals surface area contributed by atoms with Crippen LogP contribution in [0.1, 0.15) is 37.0 Å². The summed E-state index contributed by atoms with van der Waals surface area (Å²) < 4.78 is 39.8. The molecule has 30 heavy (non-hydrogen) atoms. The number of benzene rings is 1. The van der Waals surface area contributed by atoms with Gasteiger partial charge in [0.15, 0.2) is 5.13 Å². The number of anilines is 1. The molecule has 4 rings (SSSR count). The summed E-state index contributed by atoms with van der Waals surface area (Å²) in [6, 6.07) is 9.72. The minimum absolute atomic E-state index is 0.136. The zero-order valence-corrected chi connectivity index (χ0v) is 16.3. The van der Waals surface area contributed by atoms with Crippen LogP contribution in [0.15, 0.2) is 48.7 Å². The first-order valence-corrected chi connectivity index (χ1v) is 9.81. The lowest BCUT2D eigenvalue weighted by Crippen LogP contribution is -2.36. The number of rotatable bonds is 3. The van der Waals surface area contributed by atoms with E-state index in [9.17, 15) is 22.8 Å². The van der Waals surface area contributed by atoms with Gasteiger partial charge in [0.1, 0.15) is 5.69 Å². The zero-order chi connectivity index (χ0) is 21.3. The molecule has 3 aromatic rings.